The van der Waals surface area contributed by atoms with E-state index in [-0.39, 0.29) is 11.3 Å². The number of carbonyl (C=O) groups is 1. The van der Waals surface area contributed by atoms with Gasteiger partial charge in [-0.1, -0.05) is 0 Å². The Morgan fingerprint density at radius 3 is 2.56 bits per heavy atom. The van der Waals surface area contributed by atoms with Crippen molar-refractivity contribution in [3.8, 4) is 5.75 Å². The van der Waals surface area contributed by atoms with Crippen molar-refractivity contribution in [3.05, 3.63) is 23.8 Å². The van der Waals surface area contributed by atoms with Crippen LogP contribution in [0.3, 0.4) is 0 Å². The number of hydrogen-bond acceptors (Lipinski definition) is 5. The zero-order valence-electron chi connectivity index (χ0n) is 8.62. The van der Waals surface area contributed by atoms with Crippen LogP contribution in [0.1, 0.15) is 11.7 Å². The van der Waals surface area contributed by atoms with E-state index in [2.05, 4.69) is 0 Å². The predicted molar refractivity (Wildman–Crippen MR) is 56.0 cm³/mol. The van der Waals surface area contributed by atoms with E-state index in [9.17, 15) is 15.0 Å². The van der Waals surface area contributed by atoms with Crippen molar-refractivity contribution in [1.82, 2.24) is 0 Å². The van der Waals surface area contributed by atoms with Gasteiger partial charge in [0.1, 0.15) is 11.9 Å². The highest BCUT2D eigenvalue weighted by Crippen LogP contribution is 2.27. The van der Waals surface area contributed by atoms with Gasteiger partial charge in [-0.15, -0.1) is 0 Å². The first kappa shape index (κ1) is 12.3. The summed E-state index contributed by atoms with van der Waals surface area (Å²) >= 11 is 0. The van der Waals surface area contributed by atoms with Crippen LogP contribution in [0.15, 0.2) is 18.2 Å². The molecule has 6 nitrogen and oxygen atoms in total. The van der Waals surface area contributed by atoms with Crippen LogP contribution in [0.25, 0.3) is 0 Å². The van der Waals surface area contributed by atoms with Gasteiger partial charge in [0.25, 0.3) is 0 Å². The minimum absolute atomic E-state index is 0.120. The van der Waals surface area contributed by atoms with Gasteiger partial charge in [-0.2, -0.15) is 0 Å². The monoisotopic (exact) mass is 227 g/mol. The van der Waals surface area contributed by atoms with Crippen molar-refractivity contribution >= 4 is 11.7 Å². The van der Waals surface area contributed by atoms with Crippen molar-refractivity contribution < 1.29 is 24.9 Å². The van der Waals surface area contributed by atoms with E-state index in [1.54, 1.807) is 6.07 Å². The van der Waals surface area contributed by atoms with Gasteiger partial charge < -0.3 is 25.8 Å². The quantitative estimate of drug-likeness (QED) is 0.528. The number of benzene rings is 1. The summed E-state index contributed by atoms with van der Waals surface area (Å²) in [4.78, 5) is 10.5. The summed E-state index contributed by atoms with van der Waals surface area (Å²) in [6, 6.07) is 4.41. The molecule has 6 heteroatoms. The Morgan fingerprint density at radius 1 is 1.44 bits per heavy atom. The standard InChI is InChI=1S/C10H13NO5/c1-16-5-2-3-7(11)6(4-5)8(12)9(13)10(14)15/h2-4,8-9,12-13H,11H2,1H3,(H,14,15). The lowest BCUT2D eigenvalue weighted by Crippen LogP contribution is -2.28. The summed E-state index contributed by atoms with van der Waals surface area (Å²) in [5, 5.41) is 27.3. The van der Waals surface area contributed by atoms with Gasteiger partial charge in [0.2, 0.25) is 0 Å². The molecule has 0 aliphatic rings. The molecule has 0 aliphatic carbocycles. The van der Waals surface area contributed by atoms with Crippen molar-refractivity contribution in [3.63, 3.8) is 0 Å². The number of carboxylic acid groups (broad SMARTS) is 1. The van der Waals surface area contributed by atoms with E-state index in [1.165, 1.54) is 19.2 Å². The topological polar surface area (TPSA) is 113 Å². The number of nitrogens with two attached hydrogens (primary N) is 1. The average Bonchev–Trinajstić information content (AvgIpc) is 2.27. The van der Waals surface area contributed by atoms with E-state index in [0.717, 1.165) is 0 Å². The fourth-order valence-corrected chi connectivity index (χ4v) is 1.24. The van der Waals surface area contributed by atoms with Crippen molar-refractivity contribution in [2.24, 2.45) is 0 Å². The molecular weight excluding hydrogens is 214 g/mol. The lowest BCUT2D eigenvalue weighted by molar-refractivity contribution is -0.153. The maximum absolute atomic E-state index is 10.5. The average molecular weight is 227 g/mol. The van der Waals surface area contributed by atoms with E-state index in [0.29, 0.717) is 5.75 Å². The number of aliphatic carboxylic acids is 1. The van der Waals surface area contributed by atoms with Crippen LogP contribution < -0.4 is 10.5 Å². The van der Waals surface area contributed by atoms with Gasteiger partial charge in [0.05, 0.1) is 7.11 Å². The second kappa shape index (κ2) is 4.82. The smallest absolute Gasteiger partial charge is 0.335 e. The van der Waals surface area contributed by atoms with Crippen LogP contribution in [0.4, 0.5) is 5.69 Å². The van der Waals surface area contributed by atoms with Crippen LogP contribution in [-0.2, 0) is 4.79 Å². The first-order valence-electron chi connectivity index (χ1n) is 4.49. The zero-order valence-corrected chi connectivity index (χ0v) is 8.62. The molecule has 1 aromatic carbocycles. The number of rotatable bonds is 4. The van der Waals surface area contributed by atoms with Crippen LogP contribution in [0.2, 0.25) is 0 Å². The largest absolute Gasteiger partial charge is 0.497 e. The molecule has 0 aliphatic heterocycles. The summed E-state index contributed by atoms with van der Waals surface area (Å²) in [5.74, 6) is -1.10. The van der Waals surface area contributed by atoms with Crippen molar-refractivity contribution in [2.45, 2.75) is 12.2 Å². The summed E-state index contributed by atoms with van der Waals surface area (Å²) in [5.41, 5.74) is 5.87. The first-order valence-corrected chi connectivity index (χ1v) is 4.49. The molecule has 16 heavy (non-hydrogen) atoms. The fraction of sp³-hybridized carbons (Fsp3) is 0.300. The molecule has 0 amide bonds. The molecule has 2 unspecified atom stereocenters. The lowest BCUT2D eigenvalue weighted by atomic mass is 10.0. The highest BCUT2D eigenvalue weighted by Gasteiger charge is 2.26. The SMILES string of the molecule is COc1ccc(N)c(C(O)C(O)C(=O)O)c1. The Balaban J connectivity index is 3.06. The Bertz CT molecular complexity index is 393. The third-order valence-corrected chi connectivity index (χ3v) is 2.16. The second-order valence-electron chi connectivity index (χ2n) is 3.22. The van der Waals surface area contributed by atoms with E-state index < -0.39 is 18.2 Å². The molecule has 1 aromatic rings. The number of hydrogen-bond donors (Lipinski definition) is 4. The van der Waals surface area contributed by atoms with Crippen LogP contribution >= 0.6 is 0 Å². The summed E-state index contributed by atoms with van der Waals surface area (Å²) in [7, 11) is 1.43. The molecule has 0 fully saturated rings. The molecular formula is C10H13NO5. The van der Waals surface area contributed by atoms with Gasteiger partial charge in [0, 0.05) is 11.3 Å². The molecule has 0 heterocycles. The normalized spacial score (nSPS) is 14.2. The Morgan fingerprint density at radius 2 is 2.06 bits per heavy atom. The van der Waals surface area contributed by atoms with Gasteiger partial charge in [-0.3, -0.25) is 0 Å². The highest BCUT2D eigenvalue weighted by molar-refractivity contribution is 5.73. The van der Waals surface area contributed by atoms with Gasteiger partial charge in [-0.25, -0.2) is 4.79 Å². The number of aliphatic hydroxyl groups excluding tert-OH is 2. The van der Waals surface area contributed by atoms with E-state index >= 15 is 0 Å². The molecule has 0 aromatic heterocycles. The van der Waals surface area contributed by atoms with E-state index in [1.807, 2.05) is 0 Å². The third kappa shape index (κ3) is 2.41. The number of anilines is 1. The Labute approximate surface area is 91.9 Å². The van der Waals surface area contributed by atoms with Crippen molar-refractivity contribution in [1.29, 1.82) is 0 Å². The van der Waals surface area contributed by atoms with Gasteiger partial charge >= 0.3 is 5.97 Å². The fourth-order valence-electron chi connectivity index (χ4n) is 1.24. The molecule has 0 radical (unpaired) electrons. The minimum Gasteiger partial charge on any atom is -0.497 e. The molecule has 0 saturated heterocycles. The Kier molecular flexibility index (Phi) is 3.70. The highest BCUT2D eigenvalue weighted by atomic mass is 16.5. The number of ether oxygens (including phenoxy) is 1. The third-order valence-electron chi connectivity index (χ3n) is 2.16. The molecule has 0 saturated carbocycles. The van der Waals surface area contributed by atoms with Crippen LogP contribution in [0, 0.1) is 0 Å². The van der Waals surface area contributed by atoms with Crippen molar-refractivity contribution in [2.75, 3.05) is 12.8 Å². The summed E-state index contributed by atoms with van der Waals surface area (Å²) in [6.07, 6.45) is -3.51. The number of methoxy groups -OCH3 is 1. The minimum atomic E-state index is -1.92. The molecule has 2 atom stereocenters. The number of carboxylic acids is 1. The maximum Gasteiger partial charge on any atom is 0.335 e. The van der Waals surface area contributed by atoms with Crippen LogP contribution in [-0.4, -0.2) is 34.5 Å². The molecule has 0 bridgehead atoms. The number of nitrogen functional groups attached to an aromatic ring is 1. The van der Waals surface area contributed by atoms with Crippen LogP contribution in [0.5, 0.6) is 5.75 Å². The predicted octanol–water partition coefficient (Wildman–Crippen LogP) is -0.244. The summed E-state index contributed by atoms with van der Waals surface area (Å²) < 4.78 is 4.90. The molecule has 5 N–H and O–H groups in total. The molecule has 88 valence electrons. The van der Waals surface area contributed by atoms with E-state index in [4.69, 9.17) is 15.6 Å². The zero-order chi connectivity index (χ0) is 12.3. The molecule has 1 rings (SSSR count). The van der Waals surface area contributed by atoms with Gasteiger partial charge in [-0.05, 0) is 18.2 Å². The second-order valence-corrected chi connectivity index (χ2v) is 3.22. The number of aliphatic hydroxyl groups is 2. The molecule has 0 spiro atoms. The van der Waals surface area contributed by atoms with Gasteiger partial charge in [0.15, 0.2) is 6.10 Å². The summed E-state index contributed by atoms with van der Waals surface area (Å²) in [6.45, 7) is 0. The lowest BCUT2D eigenvalue weighted by Gasteiger charge is -2.17. The Hall–Kier alpha value is -1.79. The maximum atomic E-state index is 10.5. The first-order chi connectivity index (χ1) is 7.47.